The normalized spacial score (nSPS) is 17.6. The summed E-state index contributed by atoms with van der Waals surface area (Å²) in [5.74, 6) is 1.83. The highest BCUT2D eigenvalue weighted by molar-refractivity contribution is 5.27. The van der Waals surface area contributed by atoms with Crippen LogP contribution in [0.5, 0.6) is 11.5 Å². The van der Waals surface area contributed by atoms with Gasteiger partial charge in [0, 0.05) is 78.6 Å². The molecule has 0 bridgehead atoms. The lowest BCUT2D eigenvalue weighted by molar-refractivity contribution is 0.0619. The van der Waals surface area contributed by atoms with Gasteiger partial charge < -0.3 is 33.6 Å². The lowest BCUT2D eigenvalue weighted by Gasteiger charge is -2.34. The van der Waals surface area contributed by atoms with Crippen molar-refractivity contribution in [3.8, 4) is 11.5 Å². The lowest BCUT2D eigenvalue weighted by atomic mass is 10.1. The average Bonchev–Trinajstić information content (AvgIpc) is 3.00. The third kappa shape index (κ3) is 12.7. The van der Waals surface area contributed by atoms with Gasteiger partial charge in [-0.1, -0.05) is 29.8 Å². The van der Waals surface area contributed by atoms with Crippen LogP contribution in [0.25, 0.3) is 0 Å². The smallest absolute Gasteiger partial charge is 0.119 e. The Hall–Kier alpha value is -2.20. The largest absolute Gasteiger partial charge is 0.491 e. The Morgan fingerprint density at radius 1 is 0.537 bits per heavy atom. The summed E-state index contributed by atoms with van der Waals surface area (Å²) in [6.07, 6.45) is 2.16. The molecule has 2 aliphatic rings. The standard InChI is InChI=1S/C33H52N4O4/c1-30-4-8-32(9-5-30)40-29-27-39-25-23-37-21-19-36(20-22-37)14-12-31-6-10-33(11-7-31)41-28-26-38-24-3-13-35-17-15-34(2)16-18-35/h4-11H,3,12-29H2,1-2H3. The maximum absolute atomic E-state index is 5.88. The molecule has 2 aliphatic heterocycles. The van der Waals surface area contributed by atoms with Gasteiger partial charge >= 0.3 is 0 Å². The van der Waals surface area contributed by atoms with Crippen molar-refractivity contribution in [2.24, 2.45) is 0 Å². The van der Waals surface area contributed by atoms with E-state index >= 15 is 0 Å². The van der Waals surface area contributed by atoms with Crippen LogP contribution in [0.2, 0.25) is 0 Å². The summed E-state index contributed by atoms with van der Waals surface area (Å²) >= 11 is 0. The zero-order valence-electron chi connectivity index (χ0n) is 25.5. The van der Waals surface area contributed by atoms with Crippen molar-refractivity contribution < 1.29 is 18.9 Å². The summed E-state index contributed by atoms with van der Waals surface area (Å²) in [5.41, 5.74) is 2.61. The van der Waals surface area contributed by atoms with Gasteiger partial charge in [-0.15, -0.1) is 0 Å². The number of ether oxygens (including phenoxy) is 4. The summed E-state index contributed by atoms with van der Waals surface area (Å²) in [5, 5.41) is 0. The van der Waals surface area contributed by atoms with E-state index in [4.69, 9.17) is 18.9 Å². The summed E-state index contributed by atoms with van der Waals surface area (Å²) < 4.78 is 23.2. The molecule has 0 N–H and O–H groups in total. The Labute approximate surface area is 248 Å². The van der Waals surface area contributed by atoms with Crippen LogP contribution in [0.4, 0.5) is 0 Å². The molecular weight excluding hydrogens is 516 g/mol. The van der Waals surface area contributed by atoms with Crippen LogP contribution in [-0.4, -0.2) is 138 Å². The van der Waals surface area contributed by atoms with E-state index in [0.717, 1.165) is 83.4 Å². The van der Waals surface area contributed by atoms with E-state index in [1.165, 1.54) is 37.3 Å². The van der Waals surface area contributed by atoms with Gasteiger partial charge in [-0.3, -0.25) is 4.90 Å². The highest BCUT2D eigenvalue weighted by atomic mass is 16.5. The number of hydrogen-bond acceptors (Lipinski definition) is 8. The van der Waals surface area contributed by atoms with Gasteiger partial charge in [0.05, 0.1) is 19.8 Å². The fourth-order valence-electron chi connectivity index (χ4n) is 5.21. The Bertz CT molecular complexity index is 943. The molecule has 228 valence electrons. The molecule has 2 fully saturated rings. The van der Waals surface area contributed by atoms with Gasteiger partial charge in [0.1, 0.15) is 24.7 Å². The zero-order valence-corrected chi connectivity index (χ0v) is 25.5. The van der Waals surface area contributed by atoms with Crippen molar-refractivity contribution >= 4 is 0 Å². The van der Waals surface area contributed by atoms with Gasteiger partial charge in [0.2, 0.25) is 0 Å². The van der Waals surface area contributed by atoms with Gasteiger partial charge in [0.25, 0.3) is 0 Å². The van der Waals surface area contributed by atoms with Crippen LogP contribution >= 0.6 is 0 Å². The van der Waals surface area contributed by atoms with Crippen molar-refractivity contribution in [2.75, 3.05) is 119 Å². The molecule has 4 rings (SSSR count). The second kappa shape index (κ2) is 18.4. The van der Waals surface area contributed by atoms with Crippen molar-refractivity contribution in [2.45, 2.75) is 19.8 Å². The molecule has 0 unspecified atom stereocenters. The molecular formula is C33H52N4O4. The monoisotopic (exact) mass is 568 g/mol. The number of piperazine rings is 2. The second-order valence-electron chi connectivity index (χ2n) is 11.3. The minimum atomic E-state index is 0.593. The van der Waals surface area contributed by atoms with Crippen molar-refractivity contribution in [1.29, 1.82) is 0 Å². The summed E-state index contributed by atoms with van der Waals surface area (Å²) in [6.45, 7) is 18.5. The molecule has 8 heteroatoms. The number of aryl methyl sites for hydroxylation is 1. The first kappa shape index (κ1) is 31.7. The molecule has 0 aromatic heterocycles. The van der Waals surface area contributed by atoms with E-state index in [2.05, 4.69) is 70.0 Å². The van der Waals surface area contributed by atoms with Crippen LogP contribution in [-0.2, 0) is 15.9 Å². The number of benzene rings is 2. The highest BCUT2D eigenvalue weighted by Crippen LogP contribution is 2.14. The molecule has 0 spiro atoms. The van der Waals surface area contributed by atoms with E-state index in [9.17, 15) is 0 Å². The van der Waals surface area contributed by atoms with Crippen molar-refractivity contribution in [3.63, 3.8) is 0 Å². The van der Waals surface area contributed by atoms with Crippen molar-refractivity contribution in [1.82, 2.24) is 19.6 Å². The third-order valence-corrected chi connectivity index (χ3v) is 8.03. The molecule has 0 saturated carbocycles. The minimum absolute atomic E-state index is 0.593. The lowest BCUT2D eigenvalue weighted by Crippen LogP contribution is -2.47. The molecule has 2 aromatic carbocycles. The summed E-state index contributed by atoms with van der Waals surface area (Å²) in [7, 11) is 2.20. The molecule has 0 atom stereocenters. The van der Waals surface area contributed by atoms with Crippen LogP contribution in [0.1, 0.15) is 17.5 Å². The van der Waals surface area contributed by atoms with Gasteiger partial charge in [-0.2, -0.15) is 0 Å². The minimum Gasteiger partial charge on any atom is -0.491 e. The SMILES string of the molecule is Cc1ccc(OCCOCCN2CCN(CCc3ccc(OCCOCCCN4CCN(C)CC4)cc3)CC2)cc1. The quantitative estimate of drug-likeness (QED) is 0.254. The summed E-state index contributed by atoms with van der Waals surface area (Å²) in [4.78, 5) is 9.99. The highest BCUT2D eigenvalue weighted by Gasteiger charge is 2.16. The molecule has 2 heterocycles. The Morgan fingerprint density at radius 3 is 1.68 bits per heavy atom. The number of nitrogens with zero attached hydrogens (tertiary/aromatic N) is 4. The fraction of sp³-hybridized carbons (Fsp3) is 0.636. The van der Waals surface area contributed by atoms with Gasteiger partial charge in [-0.25, -0.2) is 0 Å². The zero-order chi connectivity index (χ0) is 28.5. The van der Waals surface area contributed by atoms with Crippen LogP contribution in [0.3, 0.4) is 0 Å². The van der Waals surface area contributed by atoms with Gasteiger partial charge in [0.15, 0.2) is 0 Å². The molecule has 2 saturated heterocycles. The topological polar surface area (TPSA) is 49.9 Å². The second-order valence-corrected chi connectivity index (χ2v) is 11.3. The van der Waals surface area contributed by atoms with Crippen LogP contribution in [0.15, 0.2) is 48.5 Å². The van der Waals surface area contributed by atoms with Crippen molar-refractivity contribution in [3.05, 3.63) is 59.7 Å². The first-order valence-corrected chi connectivity index (χ1v) is 15.6. The van der Waals surface area contributed by atoms with E-state index in [1.54, 1.807) is 0 Å². The molecule has 0 radical (unpaired) electrons. The summed E-state index contributed by atoms with van der Waals surface area (Å²) in [6, 6.07) is 16.7. The maximum Gasteiger partial charge on any atom is 0.119 e. The molecule has 8 nitrogen and oxygen atoms in total. The molecule has 0 aliphatic carbocycles. The number of hydrogen-bond donors (Lipinski definition) is 0. The number of likely N-dealkylation sites (N-methyl/N-ethyl adjacent to an activating group) is 1. The predicted molar refractivity (Wildman–Crippen MR) is 165 cm³/mol. The Morgan fingerprint density at radius 2 is 1.05 bits per heavy atom. The Balaban J connectivity index is 0.959. The first-order valence-electron chi connectivity index (χ1n) is 15.6. The molecule has 2 aromatic rings. The Kier molecular flexibility index (Phi) is 14.2. The van der Waals surface area contributed by atoms with E-state index in [-0.39, 0.29) is 0 Å². The van der Waals surface area contributed by atoms with Gasteiger partial charge in [-0.05, 0) is 56.6 Å². The van der Waals surface area contributed by atoms with E-state index < -0.39 is 0 Å². The number of rotatable bonds is 18. The first-order chi connectivity index (χ1) is 20.1. The van der Waals surface area contributed by atoms with E-state index in [0.29, 0.717) is 26.4 Å². The van der Waals surface area contributed by atoms with Crippen LogP contribution < -0.4 is 9.47 Å². The van der Waals surface area contributed by atoms with E-state index in [1.807, 2.05) is 12.1 Å². The average molecular weight is 569 g/mol. The third-order valence-electron chi connectivity index (χ3n) is 8.03. The predicted octanol–water partition coefficient (Wildman–Crippen LogP) is 3.28. The fourth-order valence-corrected chi connectivity index (χ4v) is 5.21. The molecule has 0 amide bonds. The maximum atomic E-state index is 5.88. The molecule has 41 heavy (non-hydrogen) atoms. The van der Waals surface area contributed by atoms with Crippen LogP contribution in [0, 0.1) is 6.92 Å².